The van der Waals surface area contributed by atoms with E-state index in [1.807, 2.05) is 37.6 Å². The first-order valence-corrected chi connectivity index (χ1v) is 6.16. The highest BCUT2D eigenvalue weighted by molar-refractivity contribution is 5.30. The summed E-state index contributed by atoms with van der Waals surface area (Å²) in [5, 5.41) is 3.09. The highest BCUT2D eigenvalue weighted by Gasteiger charge is 2.25. The van der Waals surface area contributed by atoms with Crippen LogP contribution < -0.4 is 5.32 Å². The van der Waals surface area contributed by atoms with E-state index in [2.05, 4.69) is 41.3 Å². The van der Waals surface area contributed by atoms with Crippen molar-refractivity contribution in [3.8, 4) is 0 Å². The zero-order chi connectivity index (χ0) is 13.0. The number of hydrogen-bond acceptors (Lipinski definition) is 3. The van der Waals surface area contributed by atoms with Crippen molar-refractivity contribution in [2.75, 3.05) is 7.05 Å². The molecule has 1 aromatic heterocycles. The fraction of sp³-hybridized carbons (Fsp3) is 0.333. The Morgan fingerprint density at radius 3 is 2.22 bits per heavy atom. The summed E-state index contributed by atoms with van der Waals surface area (Å²) in [4.78, 5) is 8.99. The van der Waals surface area contributed by atoms with Crippen LogP contribution in [0.3, 0.4) is 0 Å². The van der Waals surface area contributed by atoms with Gasteiger partial charge in [-0.3, -0.25) is 0 Å². The van der Waals surface area contributed by atoms with Crippen LogP contribution in [0.25, 0.3) is 0 Å². The minimum Gasteiger partial charge on any atom is -0.316 e. The Hall–Kier alpha value is -1.74. The average Bonchev–Trinajstić information content (AvgIpc) is 2.41. The SMILES string of the molecule is CNCc1cnc(C(C)(C)c2ccccc2)nc1. The Balaban J connectivity index is 2.30. The maximum Gasteiger partial charge on any atom is 0.138 e. The molecule has 0 aliphatic heterocycles. The Kier molecular flexibility index (Phi) is 3.72. The molecule has 0 amide bonds. The summed E-state index contributed by atoms with van der Waals surface area (Å²) in [6, 6.07) is 10.4. The molecule has 18 heavy (non-hydrogen) atoms. The molecule has 2 rings (SSSR count). The van der Waals surface area contributed by atoms with Crippen LogP contribution in [-0.2, 0) is 12.0 Å². The largest absolute Gasteiger partial charge is 0.316 e. The Morgan fingerprint density at radius 2 is 1.67 bits per heavy atom. The quantitative estimate of drug-likeness (QED) is 0.893. The first-order chi connectivity index (χ1) is 8.64. The molecule has 0 saturated heterocycles. The van der Waals surface area contributed by atoms with E-state index >= 15 is 0 Å². The Bertz CT molecular complexity index is 489. The van der Waals surface area contributed by atoms with Crippen molar-refractivity contribution in [3.05, 3.63) is 59.7 Å². The van der Waals surface area contributed by atoms with Gasteiger partial charge in [0.1, 0.15) is 5.82 Å². The molecule has 2 aromatic rings. The van der Waals surface area contributed by atoms with Crippen molar-refractivity contribution < 1.29 is 0 Å². The Labute approximate surface area is 108 Å². The first-order valence-electron chi connectivity index (χ1n) is 6.16. The lowest BCUT2D eigenvalue weighted by molar-refractivity contribution is 0.587. The van der Waals surface area contributed by atoms with Gasteiger partial charge in [0, 0.05) is 29.9 Å². The van der Waals surface area contributed by atoms with E-state index in [4.69, 9.17) is 0 Å². The standard InChI is InChI=1S/C15H19N3/c1-15(2,13-7-5-4-6-8-13)14-17-10-12(9-16-3)11-18-14/h4-8,10-11,16H,9H2,1-3H3. The zero-order valence-corrected chi connectivity index (χ0v) is 11.1. The molecule has 0 atom stereocenters. The number of aromatic nitrogens is 2. The van der Waals surface area contributed by atoms with E-state index in [-0.39, 0.29) is 5.41 Å². The molecule has 3 heteroatoms. The van der Waals surface area contributed by atoms with E-state index in [1.165, 1.54) is 5.56 Å². The fourth-order valence-electron chi connectivity index (χ4n) is 1.96. The van der Waals surface area contributed by atoms with Crippen molar-refractivity contribution in [2.24, 2.45) is 0 Å². The molecular weight excluding hydrogens is 222 g/mol. The molecule has 3 nitrogen and oxygen atoms in total. The third-order valence-electron chi connectivity index (χ3n) is 3.14. The average molecular weight is 241 g/mol. The number of hydrogen-bond donors (Lipinski definition) is 1. The Morgan fingerprint density at radius 1 is 1.06 bits per heavy atom. The minimum atomic E-state index is -0.167. The molecule has 0 fully saturated rings. The van der Waals surface area contributed by atoms with Crippen LogP contribution in [0, 0.1) is 0 Å². The van der Waals surface area contributed by atoms with Gasteiger partial charge in [-0.25, -0.2) is 9.97 Å². The van der Waals surface area contributed by atoms with E-state index in [1.54, 1.807) is 0 Å². The fourth-order valence-corrected chi connectivity index (χ4v) is 1.96. The summed E-state index contributed by atoms with van der Waals surface area (Å²) in [5.74, 6) is 0.855. The second-order valence-electron chi connectivity index (χ2n) is 4.94. The molecule has 1 aromatic carbocycles. The van der Waals surface area contributed by atoms with Gasteiger partial charge in [-0.15, -0.1) is 0 Å². The summed E-state index contributed by atoms with van der Waals surface area (Å²) < 4.78 is 0. The first kappa shape index (κ1) is 12.7. The van der Waals surface area contributed by atoms with Crippen LogP contribution in [0.4, 0.5) is 0 Å². The van der Waals surface area contributed by atoms with Crippen molar-refractivity contribution >= 4 is 0 Å². The number of rotatable bonds is 4. The van der Waals surface area contributed by atoms with Gasteiger partial charge in [0.2, 0.25) is 0 Å². The van der Waals surface area contributed by atoms with Gasteiger partial charge in [0.05, 0.1) is 0 Å². The monoisotopic (exact) mass is 241 g/mol. The van der Waals surface area contributed by atoms with E-state index in [9.17, 15) is 0 Å². The van der Waals surface area contributed by atoms with Crippen LogP contribution in [0.5, 0.6) is 0 Å². The van der Waals surface area contributed by atoms with Crippen molar-refractivity contribution in [1.82, 2.24) is 15.3 Å². The molecule has 0 spiro atoms. The van der Waals surface area contributed by atoms with Gasteiger partial charge >= 0.3 is 0 Å². The van der Waals surface area contributed by atoms with Gasteiger partial charge in [-0.1, -0.05) is 30.3 Å². The number of nitrogens with one attached hydrogen (secondary N) is 1. The van der Waals surface area contributed by atoms with Crippen LogP contribution >= 0.6 is 0 Å². The highest BCUT2D eigenvalue weighted by Crippen LogP contribution is 2.28. The summed E-state index contributed by atoms with van der Waals surface area (Å²) in [7, 11) is 1.92. The second-order valence-corrected chi connectivity index (χ2v) is 4.94. The molecule has 0 saturated carbocycles. The summed E-state index contributed by atoms with van der Waals surface area (Å²) >= 11 is 0. The van der Waals surface area contributed by atoms with Gasteiger partial charge < -0.3 is 5.32 Å². The van der Waals surface area contributed by atoms with Crippen LogP contribution in [0.15, 0.2) is 42.7 Å². The second kappa shape index (κ2) is 5.27. The molecule has 0 aliphatic carbocycles. The third-order valence-corrected chi connectivity index (χ3v) is 3.14. The molecule has 0 aliphatic rings. The normalized spacial score (nSPS) is 11.5. The predicted molar refractivity (Wildman–Crippen MR) is 73.4 cm³/mol. The lowest BCUT2D eigenvalue weighted by atomic mass is 9.84. The summed E-state index contributed by atoms with van der Waals surface area (Å²) in [5.41, 5.74) is 2.16. The van der Waals surface area contributed by atoms with Crippen LogP contribution in [0.2, 0.25) is 0 Å². The third kappa shape index (κ3) is 2.57. The smallest absolute Gasteiger partial charge is 0.138 e. The van der Waals surface area contributed by atoms with Crippen LogP contribution in [0.1, 0.15) is 30.8 Å². The lowest BCUT2D eigenvalue weighted by Gasteiger charge is -2.23. The maximum absolute atomic E-state index is 4.49. The lowest BCUT2D eigenvalue weighted by Crippen LogP contribution is -2.22. The van der Waals surface area contributed by atoms with E-state index in [0.29, 0.717) is 0 Å². The topological polar surface area (TPSA) is 37.8 Å². The molecule has 94 valence electrons. The number of benzene rings is 1. The predicted octanol–water partition coefficient (Wildman–Crippen LogP) is 2.52. The van der Waals surface area contributed by atoms with Crippen LogP contribution in [-0.4, -0.2) is 17.0 Å². The molecular formula is C15H19N3. The van der Waals surface area contributed by atoms with Crippen molar-refractivity contribution in [1.29, 1.82) is 0 Å². The summed E-state index contributed by atoms with van der Waals surface area (Å²) in [6.45, 7) is 5.09. The van der Waals surface area contributed by atoms with Crippen molar-refractivity contribution in [2.45, 2.75) is 25.8 Å². The molecule has 1 N–H and O–H groups in total. The molecule has 1 heterocycles. The van der Waals surface area contributed by atoms with E-state index < -0.39 is 0 Å². The minimum absolute atomic E-state index is 0.167. The van der Waals surface area contributed by atoms with Gasteiger partial charge in [0.25, 0.3) is 0 Å². The van der Waals surface area contributed by atoms with E-state index in [0.717, 1.165) is 17.9 Å². The van der Waals surface area contributed by atoms with Gasteiger partial charge in [-0.2, -0.15) is 0 Å². The zero-order valence-electron chi connectivity index (χ0n) is 11.1. The molecule has 0 radical (unpaired) electrons. The molecule has 0 unspecified atom stereocenters. The van der Waals surface area contributed by atoms with Gasteiger partial charge in [-0.05, 0) is 26.5 Å². The number of nitrogens with zero attached hydrogens (tertiary/aromatic N) is 2. The van der Waals surface area contributed by atoms with Crippen molar-refractivity contribution in [3.63, 3.8) is 0 Å². The summed E-state index contributed by atoms with van der Waals surface area (Å²) in [6.07, 6.45) is 3.78. The highest BCUT2D eigenvalue weighted by atomic mass is 14.9. The van der Waals surface area contributed by atoms with Gasteiger partial charge in [0.15, 0.2) is 0 Å². The molecule has 0 bridgehead atoms. The maximum atomic E-state index is 4.49.